The number of nitrogens with one attached hydrogen (secondary N) is 2. The maximum absolute atomic E-state index is 11.9. The van der Waals surface area contributed by atoms with Crippen LogP contribution in [0.15, 0.2) is 12.2 Å². The molecule has 152 valence electrons. The van der Waals surface area contributed by atoms with E-state index in [2.05, 4.69) is 10.6 Å². The highest BCUT2D eigenvalue weighted by molar-refractivity contribution is 5.76. The number of carbonyl (C=O) groups is 1. The van der Waals surface area contributed by atoms with Crippen molar-refractivity contribution in [2.24, 2.45) is 0 Å². The lowest BCUT2D eigenvalue weighted by atomic mass is 10.00. The molecule has 26 heavy (non-hydrogen) atoms. The van der Waals surface area contributed by atoms with Crippen LogP contribution >= 0.6 is 0 Å². The molecule has 0 saturated carbocycles. The molecule has 0 aromatic carbocycles. The molecule has 0 aliphatic heterocycles. The molecule has 0 aromatic rings. The Morgan fingerprint density at radius 2 is 1.88 bits per heavy atom. The van der Waals surface area contributed by atoms with Gasteiger partial charge < -0.3 is 36.2 Å². The molecule has 7 atom stereocenters. The second-order valence-corrected chi connectivity index (χ2v) is 6.94. The second kappa shape index (κ2) is 11.6. The van der Waals surface area contributed by atoms with Gasteiger partial charge in [-0.15, -0.1) is 0 Å². The van der Waals surface area contributed by atoms with Gasteiger partial charge in [0.05, 0.1) is 30.4 Å². The van der Waals surface area contributed by atoms with Gasteiger partial charge >= 0.3 is 0 Å². The van der Waals surface area contributed by atoms with Crippen LogP contribution in [0.25, 0.3) is 0 Å². The third kappa shape index (κ3) is 7.30. The molecule has 1 aliphatic rings. The number of aliphatic hydroxyl groups is 5. The van der Waals surface area contributed by atoms with Crippen LogP contribution in [0.1, 0.15) is 46.0 Å². The van der Waals surface area contributed by atoms with Gasteiger partial charge in [-0.3, -0.25) is 4.79 Å². The molecular formula is C18H34N2O6. The Hall–Kier alpha value is -1.03. The van der Waals surface area contributed by atoms with Crippen LogP contribution in [0.3, 0.4) is 0 Å². The zero-order valence-electron chi connectivity index (χ0n) is 15.6. The first-order chi connectivity index (χ1) is 12.3. The maximum atomic E-state index is 11.9. The van der Waals surface area contributed by atoms with Gasteiger partial charge in [-0.2, -0.15) is 0 Å². The van der Waals surface area contributed by atoms with Crippen molar-refractivity contribution in [2.75, 3.05) is 6.54 Å². The number of hydrogen-bond acceptors (Lipinski definition) is 7. The lowest BCUT2D eigenvalue weighted by Gasteiger charge is -2.30. The monoisotopic (exact) mass is 374 g/mol. The van der Waals surface area contributed by atoms with Crippen molar-refractivity contribution in [2.45, 2.75) is 88.6 Å². The summed E-state index contributed by atoms with van der Waals surface area (Å²) in [4.78, 5) is 11.9. The van der Waals surface area contributed by atoms with E-state index in [1.165, 1.54) is 0 Å². The Bertz CT molecular complexity index is 447. The Morgan fingerprint density at radius 1 is 1.19 bits per heavy atom. The predicted octanol–water partition coefficient (Wildman–Crippen LogP) is -1.21. The van der Waals surface area contributed by atoms with Crippen molar-refractivity contribution in [1.82, 2.24) is 10.6 Å². The minimum Gasteiger partial charge on any atom is -0.393 e. The average Bonchev–Trinajstić information content (AvgIpc) is 2.72. The molecule has 0 bridgehead atoms. The number of hydrogen-bond donors (Lipinski definition) is 7. The van der Waals surface area contributed by atoms with E-state index in [0.717, 1.165) is 0 Å². The minimum absolute atomic E-state index is 0.125. The second-order valence-electron chi connectivity index (χ2n) is 6.94. The van der Waals surface area contributed by atoms with Crippen molar-refractivity contribution < 1.29 is 30.3 Å². The van der Waals surface area contributed by atoms with Crippen LogP contribution in [0.2, 0.25) is 0 Å². The van der Waals surface area contributed by atoms with Gasteiger partial charge in [0.15, 0.2) is 0 Å². The summed E-state index contributed by atoms with van der Waals surface area (Å²) in [5.41, 5.74) is 0. The summed E-state index contributed by atoms with van der Waals surface area (Å²) in [5, 5.41) is 55.7. The first kappa shape index (κ1) is 23.0. The fourth-order valence-corrected chi connectivity index (χ4v) is 2.91. The summed E-state index contributed by atoms with van der Waals surface area (Å²) in [6, 6.07) is -1.28. The lowest BCUT2D eigenvalue weighted by molar-refractivity contribution is -0.122. The molecule has 1 rings (SSSR count). The van der Waals surface area contributed by atoms with Crippen molar-refractivity contribution >= 4 is 5.91 Å². The molecule has 8 nitrogen and oxygen atoms in total. The molecule has 1 amide bonds. The van der Waals surface area contributed by atoms with Gasteiger partial charge in [-0.05, 0) is 19.3 Å². The van der Waals surface area contributed by atoms with E-state index in [0.29, 0.717) is 19.3 Å². The molecule has 0 spiro atoms. The first-order valence-electron chi connectivity index (χ1n) is 9.39. The van der Waals surface area contributed by atoms with Crippen molar-refractivity contribution in [3.05, 3.63) is 12.2 Å². The summed E-state index contributed by atoms with van der Waals surface area (Å²) in [5.74, 6) is -0.197. The molecule has 0 heterocycles. The Balaban J connectivity index is 2.72. The van der Waals surface area contributed by atoms with Crippen LogP contribution in [-0.2, 0) is 4.79 Å². The van der Waals surface area contributed by atoms with Crippen LogP contribution in [0.4, 0.5) is 0 Å². The highest BCUT2D eigenvalue weighted by Gasteiger charge is 2.32. The summed E-state index contributed by atoms with van der Waals surface area (Å²) < 4.78 is 0. The topological polar surface area (TPSA) is 142 Å². The number of carbonyl (C=O) groups excluding carboxylic acids is 1. The Morgan fingerprint density at radius 3 is 2.50 bits per heavy atom. The number of aliphatic hydroxyl groups excluding tert-OH is 5. The quantitative estimate of drug-likeness (QED) is 0.238. The van der Waals surface area contributed by atoms with Crippen molar-refractivity contribution in [3.63, 3.8) is 0 Å². The van der Waals surface area contributed by atoms with E-state index in [4.69, 9.17) is 0 Å². The van der Waals surface area contributed by atoms with Crippen LogP contribution in [-0.4, -0.2) is 80.6 Å². The summed E-state index contributed by atoms with van der Waals surface area (Å²) in [7, 11) is 0. The zero-order valence-corrected chi connectivity index (χ0v) is 15.6. The fraction of sp³-hybridized carbons (Fsp3) is 0.833. The smallest absolute Gasteiger partial charge is 0.220 e. The van der Waals surface area contributed by atoms with E-state index < -0.39 is 42.6 Å². The highest BCUT2D eigenvalue weighted by Crippen LogP contribution is 2.15. The largest absolute Gasteiger partial charge is 0.393 e. The van der Waals surface area contributed by atoms with Gasteiger partial charge in [0.25, 0.3) is 0 Å². The molecule has 0 saturated heterocycles. The van der Waals surface area contributed by atoms with Crippen LogP contribution < -0.4 is 10.6 Å². The predicted molar refractivity (Wildman–Crippen MR) is 97.3 cm³/mol. The molecule has 0 radical (unpaired) electrons. The summed E-state index contributed by atoms with van der Waals surface area (Å²) >= 11 is 0. The molecule has 8 heteroatoms. The average molecular weight is 374 g/mol. The van der Waals surface area contributed by atoms with Crippen LogP contribution in [0, 0.1) is 0 Å². The zero-order chi connectivity index (χ0) is 19.7. The minimum atomic E-state index is -1.29. The van der Waals surface area contributed by atoms with Gasteiger partial charge in [0.1, 0.15) is 12.2 Å². The van der Waals surface area contributed by atoms with E-state index in [1.807, 2.05) is 6.92 Å². The summed E-state index contributed by atoms with van der Waals surface area (Å²) in [6.07, 6.45) is 0.00862. The number of rotatable bonds is 10. The molecule has 7 N–H and O–H groups in total. The fourth-order valence-electron chi connectivity index (χ4n) is 2.91. The standard InChI is InChI=1S/C18H34N2O6/c1-3-6-16(24)20-13(15(23)9-11(21)4-2)10-19-12-7-5-8-14(22)18(26)17(12)25/h5,7,11-15,17-19,21-23,25-26H,3-4,6,8-10H2,1-2H3,(H,20,24). The highest BCUT2D eigenvalue weighted by atomic mass is 16.4. The Kier molecular flexibility index (Phi) is 10.3. The molecule has 7 unspecified atom stereocenters. The van der Waals surface area contributed by atoms with Gasteiger partial charge in [-0.25, -0.2) is 0 Å². The molecule has 1 aliphatic carbocycles. The van der Waals surface area contributed by atoms with E-state index in [1.54, 1.807) is 19.1 Å². The lowest BCUT2D eigenvalue weighted by Crippen LogP contribution is -2.55. The summed E-state index contributed by atoms with van der Waals surface area (Å²) in [6.45, 7) is 3.82. The van der Waals surface area contributed by atoms with Crippen molar-refractivity contribution in [3.8, 4) is 0 Å². The molecular weight excluding hydrogens is 340 g/mol. The van der Waals surface area contributed by atoms with Crippen LogP contribution in [0.5, 0.6) is 0 Å². The number of amides is 1. The van der Waals surface area contributed by atoms with E-state index in [9.17, 15) is 30.3 Å². The first-order valence-corrected chi connectivity index (χ1v) is 9.39. The Labute approximate surface area is 154 Å². The van der Waals surface area contributed by atoms with Gasteiger partial charge in [0, 0.05) is 19.4 Å². The third-order valence-corrected chi connectivity index (χ3v) is 4.68. The van der Waals surface area contributed by atoms with Gasteiger partial charge in [0.2, 0.25) is 5.91 Å². The molecule has 0 fully saturated rings. The van der Waals surface area contributed by atoms with E-state index in [-0.39, 0.29) is 25.3 Å². The van der Waals surface area contributed by atoms with E-state index >= 15 is 0 Å². The SMILES string of the molecule is CCCC(=O)NC(CNC1C=CCC(O)C(O)C1O)C(O)CC(O)CC. The van der Waals surface area contributed by atoms with Gasteiger partial charge in [-0.1, -0.05) is 26.0 Å². The van der Waals surface area contributed by atoms with Crippen molar-refractivity contribution in [1.29, 1.82) is 0 Å². The molecule has 0 aromatic heterocycles. The third-order valence-electron chi connectivity index (χ3n) is 4.68. The maximum Gasteiger partial charge on any atom is 0.220 e. The normalized spacial score (nSPS) is 29.7.